The SMILES string of the molecule is CCCc1nc(C)c(C(=O)Nc2ccc(CN3CCSCC3)cc2C)s1. The molecule has 1 fully saturated rings. The number of aryl methyl sites for hydroxylation is 3. The number of nitrogens with one attached hydrogen (secondary N) is 1. The van der Waals surface area contributed by atoms with Crippen LogP contribution in [0, 0.1) is 13.8 Å². The second kappa shape index (κ2) is 9.02. The molecule has 4 nitrogen and oxygen atoms in total. The number of benzene rings is 1. The second-order valence-corrected chi connectivity index (χ2v) is 9.07. The van der Waals surface area contributed by atoms with Gasteiger partial charge in [-0.3, -0.25) is 9.69 Å². The Morgan fingerprint density at radius 2 is 2.04 bits per heavy atom. The van der Waals surface area contributed by atoms with Crippen molar-refractivity contribution in [2.45, 2.75) is 40.2 Å². The lowest BCUT2D eigenvalue weighted by Gasteiger charge is -2.26. The third-order valence-corrected chi connectivity index (χ3v) is 6.72. The molecule has 0 aliphatic carbocycles. The van der Waals surface area contributed by atoms with Crippen molar-refractivity contribution in [1.82, 2.24) is 9.88 Å². The highest BCUT2D eigenvalue weighted by Crippen LogP contribution is 2.23. The zero-order valence-electron chi connectivity index (χ0n) is 15.8. The summed E-state index contributed by atoms with van der Waals surface area (Å²) in [5.74, 6) is 2.40. The molecule has 0 bridgehead atoms. The van der Waals surface area contributed by atoms with Crippen molar-refractivity contribution in [3.05, 3.63) is 44.9 Å². The Balaban J connectivity index is 1.66. The number of hydrogen-bond donors (Lipinski definition) is 1. The van der Waals surface area contributed by atoms with Crippen LogP contribution in [0.15, 0.2) is 18.2 Å². The van der Waals surface area contributed by atoms with Crippen molar-refractivity contribution in [2.75, 3.05) is 29.9 Å². The molecule has 26 heavy (non-hydrogen) atoms. The first-order chi connectivity index (χ1) is 12.6. The van der Waals surface area contributed by atoms with Crippen LogP contribution in [0.4, 0.5) is 5.69 Å². The minimum atomic E-state index is -0.0498. The summed E-state index contributed by atoms with van der Waals surface area (Å²) < 4.78 is 0. The van der Waals surface area contributed by atoms with Crippen LogP contribution in [0.1, 0.15) is 44.8 Å². The first-order valence-electron chi connectivity index (χ1n) is 9.24. The number of thioether (sulfide) groups is 1. The molecule has 140 valence electrons. The van der Waals surface area contributed by atoms with Crippen molar-refractivity contribution in [3.8, 4) is 0 Å². The first-order valence-corrected chi connectivity index (χ1v) is 11.2. The van der Waals surface area contributed by atoms with Crippen molar-refractivity contribution in [2.24, 2.45) is 0 Å². The molecule has 6 heteroatoms. The number of carbonyl (C=O) groups is 1. The van der Waals surface area contributed by atoms with E-state index in [1.165, 1.54) is 28.4 Å². The van der Waals surface area contributed by atoms with Crippen LogP contribution in [-0.4, -0.2) is 40.4 Å². The highest BCUT2D eigenvalue weighted by molar-refractivity contribution is 7.99. The normalized spacial score (nSPS) is 15.2. The summed E-state index contributed by atoms with van der Waals surface area (Å²) in [5.41, 5.74) is 4.13. The van der Waals surface area contributed by atoms with Gasteiger partial charge in [0.15, 0.2) is 0 Å². The van der Waals surface area contributed by atoms with E-state index >= 15 is 0 Å². The Morgan fingerprint density at radius 3 is 2.73 bits per heavy atom. The molecule has 1 saturated heterocycles. The number of anilines is 1. The van der Waals surface area contributed by atoms with Gasteiger partial charge in [-0.1, -0.05) is 19.1 Å². The van der Waals surface area contributed by atoms with Crippen LogP contribution in [0.25, 0.3) is 0 Å². The number of amides is 1. The summed E-state index contributed by atoms with van der Waals surface area (Å²) in [6, 6.07) is 6.36. The summed E-state index contributed by atoms with van der Waals surface area (Å²) in [4.78, 5) is 20.4. The number of hydrogen-bond acceptors (Lipinski definition) is 5. The van der Waals surface area contributed by atoms with Crippen LogP contribution in [0.5, 0.6) is 0 Å². The molecular weight excluding hydrogens is 362 g/mol. The van der Waals surface area contributed by atoms with Gasteiger partial charge in [0.25, 0.3) is 5.91 Å². The number of nitrogens with zero attached hydrogens (tertiary/aromatic N) is 2. The molecule has 0 spiro atoms. The Kier molecular flexibility index (Phi) is 6.73. The molecule has 1 N–H and O–H groups in total. The van der Waals surface area contributed by atoms with Crippen LogP contribution >= 0.6 is 23.1 Å². The summed E-state index contributed by atoms with van der Waals surface area (Å²) in [5, 5.41) is 4.11. The molecule has 0 radical (unpaired) electrons. The first kappa shape index (κ1) is 19.4. The average molecular weight is 390 g/mol. The monoisotopic (exact) mass is 389 g/mol. The summed E-state index contributed by atoms with van der Waals surface area (Å²) in [7, 11) is 0. The van der Waals surface area contributed by atoms with E-state index in [2.05, 4.69) is 41.2 Å². The van der Waals surface area contributed by atoms with E-state index in [0.717, 1.165) is 59.3 Å². The van der Waals surface area contributed by atoms with Crippen LogP contribution in [0.3, 0.4) is 0 Å². The van der Waals surface area contributed by atoms with Crippen molar-refractivity contribution in [3.63, 3.8) is 0 Å². The molecule has 2 heterocycles. The third-order valence-electron chi connectivity index (χ3n) is 4.56. The maximum atomic E-state index is 12.7. The fourth-order valence-electron chi connectivity index (χ4n) is 3.14. The van der Waals surface area contributed by atoms with Crippen molar-refractivity contribution < 1.29 is 4.79 Å². The van der Waals surface area contributed by atoms with E-state index in [0.29, 0.717) is 0 Å². The highest BCUT2D eigenvalue weighted by Gasteiger charge is 2.16. The minimum absolute atomic E-state index is 0.0498. The average Bonchev–Trinajstić information content (AvgIpc) is 2.99. The molecule has 3 rings (SSSR count). The number of rotatable bonds is 6. The Hall–Kier alpha value is -1.37. The Bertz CT molecular complexity index is 766. The van der Waals surface area contributed by atoms with Crippen LogP contribution < -0.4 is 5.32 Å². The van der Waals surface area contributed by atoms with E-state index in [1.54, 1.807) is 0 Å². The quantitative estimate of drug-likeness (QED) is 0.789. The van der Waals surface area contributed by atoms with E-state index in [1.807, 2.05) is 24.8 Å². The predicted octanol–water partition coefficient (Wildman–Crippen LogP) is 4.51. The summed E-state index contributed by atoms with van der Waals surface area (Å²) in [6.45, 7) is 9.42. The maximum absolute atomic E-state index is 12.7. The zero-order chi connectivity index (χ0) is 18.5. The van der Waals surface area contributed by atoms with Crippen molar-refractivity contribution in [1.29, 1.82) is 0 Å². The van der Waals surface area contributed by atoms with Crippen LogP contribution in [-0.2, 0) is 13.0 Å². The van der Waals surface area contributed by atoms with Gasteiger partial charge >= 0.3 is 0 Å². The predicted molar refractivity (Wildman–Crippen MR) is 113 cm³/mol. The lowest BCUT2D eigenvalue weighted by Crippen LogP contribution is -2.31. The van der Waals surface area contributed by atoms with Gasteiger partial charge in [0.2, 0.25) is 0 Å². The molecule has 1 aromatic carbocycles. The molecule has 0 saturated carbocycles. The number of aromatic nitrogens is 1. The fourth-order valence-corrected chi connectivity index (χ4v) is 5.18. The van der Waals surface area contributed by atoms with E-state index < -0.39 is 0 Å². The van der Waals surface area contributed by atoms with Gasteiger partial charge in [-0.25, -0.2) is 4.98 Å². The van der Waals surface area contributed by atoms with Gasteiger partial charge in [-0.15, -0.1) is 11.3 Å². The molecule has 0 atom stereocenters. The lowest BCUT2D eigenvalue weighted by atomic mass is 10.1. The molecule has 1 aromatic heterocycles. The summed E-state index contributed by atoms with van der Waals surface area (Å²) >= 11 is 3.54. The molecule has 1 amide bonds. The largest absolute Gasteiger partial charge is 0.321 e. The Morgan fingerprint density at radius 1 is 1.27 bits per heavy atom. The number of carbonyl (C=O) groups excluding carboxylic acids is 1. The smallest absolute Gasteiger partial charge is 0.267 e. The standard InChI is InChI=1S/C20H27N3OS2/c1-4-5-18-21-15(3)19(26-18)20(24)22-17-7-6-16(12-14(17)2)13-23-8-10-25-11-9-23/h6-7,12H,4-5,8-11,13H2,1-3H3,(H,22,24). The van der Waals surface area contributed by atoms with Gasteiger partial charge in [-0.05, 0) is 43.9 Å². The van der Waals surface area contributed by atoms with Gasteiger partial charge in [-0.2, -0.15) is 11.8 Å². The highest BCUT2D eigenvalue weighted by atomic mass is 32.2. The van der Waals surface area contributed by atoms with Gasteiger partial charge in [0.1, 0.15) is 4.88 Å². The lowest BCUT2D eigenvalue weighted by molar-refractivity contribution is 0.102. The van der Waals surface area contributed by atoms with Gasteiger partial charge < -0.3 is 5.32 Å². The molecule has 0 unspecified atom stereocenters. The maximum Gasteiger partial charge on any atom is 0.267 e. The van der Waals surface area contributed by atoms with Crippen molar-refractivity contribution >= 4 is 34.7 Å². The van der Waals surface area contributed by atoms with Gasteiger partial charge in [0.05, 0.1) is 10.7 Å². The third kappa shape index (κ3) is 4.87. The minimum Gasteiger partial charge on any atom is -0.321 e. The van der Waals surface area contributed by atoms with Gasteiger partial charge in [0, 0.05) is 36.8 Å². The summed E-state index contributed by atoms with van der Waals surface area (Å²) in [6.07, 6.45) is 1.98. The second-order valence-electron chi connectivity index (χ2n) is 6.76. The topological polar surface area (TPSA) is 45.2 Å². The molecule has 2 aromatic rings. The number of thiazole rings is 1. The van der Waals surface area contributed by atoms with E-state index in [9.17, 15) is 4.79 Å². The fraction of sp³-hybridized carbons (Fsp3) is 0.500. The zero-order valence-corrected chi connectivity index (χ0v) is 17.4. The Labute approximate surface area is 164 Å². The molecule has 1 aliphatic heterocycles. The van der Waals surface area contributed by atoms with E-state index in [4.69, 9.17) is 0 Å². The van der Waals surface area contributed by atoms with E-state index in [-0.39, 0.29) is 5.91 Å². The van der Waals surface area contributed by atoms with Crippen LogP contribution in [0.2, 0.25) is 0 Å². The molecular formula is C20H27N3OS2. The molecule has 1 aliphatic rings.